The van der Waals surface area contributed by atoms with Gasteiger partial charge in [0.05, 0.1) is 18.1 Å². The maximum Gasteiger partial charge on any atom is 0.0697 e. The summed E-state index contributed by atoms with van der Waals surface area (Å²) in [6.07, 6.45) is 8.52. The highest BCUT2D eigenvalue weighted by Gasteiger charge is 2.34. The quantitative estimate of drug-likeness (QED) is 0.896. The summed E-state index contributed by atoms with van der Waals surface area (Å²) < 4.78 is 1.79. The lowest BCUT2D eigenvalue weighted by Crippen LogP contribution is -2.32. The summed E-state index contributed by atoms with van der Waals surface area (Å²) in [7, 11) is 0. The molecule has 1 aliphatic carbocycles. The van der Waals surface area contributed by atoms with Gasteiger partial charge in [-0.15, -0.1) is 5.10 Å². The zero-order valence-electron chi connectivity index (χ0n) is 10.4. The Balaban J connectivity index is 2.00. The van der Waals surface area contributed by atoms with Crippen LogP contribution in [0.4, 0.5) is 0 Å². The van der Waals surface area contributed by atoms with Crippen LogP contribution in [0.5, 0.6) is 0 Å². The summed E-state index contributed by atoms with van der Waals surface area (Å²) in [5, 5.41) is 7.89. The predicted molar refractivity (Wildman–Crippen MR) is 70.6 cm³/mol. The lowest BCUT2D eigenvalue weighted by molar-refractivity contribution is 0.453. The van der Waals surface area contributed by atoms with Crippen molar-refractivity contribution >= 4 is 0 Å². The minimum absolute atomic E-state index is 0.177. The number of nitrogens with two attached hydrogens (primary N) is 1. The second kappa shape index (κ2) is 4.53. The Bertz CT molecular complexity index is 512. The Morgan fingerprint density at radius 1 is 1.28 bits per heavy atom. The smallest absolute Gasteiger partial charge is 0.0697 e. The highest BCUT2D eigenvalue weighted by Crippen LogP contribution is 2.40. The summed E-state index contributed by atoms with van der Waals surface area (Å²) >= 11 is 0. The Labute approximate surface area is 107 Å². The van der Waals surface area contributed by atoms with Crippen molar-refractivity contribution in [2.24, 2.45) is 5.73 Å². The van der Waals surface area contributed by atoms with E-state index in [-0.39, 0.29) is 5.41 Å². The van der Waals surface area contributed by atoms with Crippen LogP contribution in [-0.4, -0.2) is 21.5 Å². The van der Waals surface area contributed by atoms with Gasteiger partial charge in [-0.3, -0.25) is 0 Å². The molecule has 94 valence electrons. The molecule has 1 fully saturated rings. The molecule has 4 nitrogen and oxygen atoms in total. The third kappa shape index (κ3) is 1.82. The summed E-state index contributed by atoms with van der Waals surface area (Å²) in [6, 6.07) is 8.53. The van der Waals surface area contributed by atoms with E-state index in [4.69, 9.17) is 5.73 Å². The standard InChI is InChI=1S/C14H18N4/c15-11-14(6-1-2-7-14)12-4-3-5-13(10-12)18-9-8-16-17-18/h3-5,8-10H,1-2,6-7,11,15H2. The Morgan fingerprint density at radius 3 is 2.78 bits per heavy atom. The van der Waals surface area contributed by atoms with E-state index in [0.717, 1.165) is 12.2 Å². The van der Waals surface area contributed by atoms with Gasteiger partial charge in [-0.25, -0.2) is 4.68 Å². The van der Waals surface area contributed by atoms with Gasteiger partial charge in [0.15, 0.2) is 0 Å². The molecule has 2 aromatic rings. The van der Waals surface area contributed by atoms with Crippen LogP contribution < -0.4 is 5.73 Å². The maximum absolute atomic E-state index is 6.03. The van der Waals surface area contributed by atoms with E-state index in [9.17, 15) is 0 Å². The zero-order valence-corrected chi connectivity index (χ0v) is 10.4. The molecular formula is C14H18N4. The van der Waals surface area contributed by atoms with Gasteiger partial charge < -0.3 is 5.73 Å². The average Bonchev–Trinajstić information content (AvgIpc) is 3.11. The van der Waals surface area contributed by atoms with Crippen LogP contribution in [0.2, 0.25) is 0 Å². The van der Waals surface area contributed by atoms with Crippen molar-refractivity contribution in [2.45, 2.75) is 31.1 Å². The van der Waals surface area contributed by atoms with E-state index in [1.165, 1.54) is 31.2 Å². The molecular weight excluding hydrogens is 224 g/mol. The van der Waals surface area contributed by atoms with Crippen LogP contribution in [0.3, 0.4) is 0 Å². The first-order chi connectivity index (χ1) is 8.84. The Morgan fingerprint density at radius 2 is 2.11 bits per heavy atom. The molecule has 1 aromatic carbocycles. The van der Waals surface area contributed by atoms with Crippen molar-refractivity contribution in [1.29, 1.82) is 0 Å². The lowest BCUT2D eigenvalue weighted by Gasteiger charge is -2.28. The van der Waals surface area contributed by atoms with Crippen molar-refractivity contribution in [3.05, 3.63) is 42.2 Å². The maximum atomic E-state index is 6.03. The molecule has 0 aliphatic heterocycles. The van der Waals surface area contributed by atoms with Crippen LogP contribution in [0.25, 0.3) is 5.69 Å². The van der Waals surface area contributed by atoms with Crippen molar-refractivity contribution in [1.82, 2.24) is 15.0 Å². The van der Waals surface area contributed by atoms with Crippen LogP contribution in [0.1, 0.15) is 31.2 Å². The third-order valence-electron chi connectivity index (χ3n) is 4.10. The van der Waals surface area contributed by atoms with Gasteiger partial charge in [0.25, 0.3) is 0 Å². The summed E-state index contributed by atoms with van der Waals surface area (Å²) in [5.74, 6) is 0. The van der Waals surface area contributed by atoms with Crippen molar-refractivity contribution in [3.8, 4) is 5.69 Å². The van der Waals surface area contributed by atoms with E-state index in [1.807, 2.05) is 6.20 Å². The molecule has 1 aromatic heterocycles. The van der Waals surface area contributed by atoms with E-state index in [0.29, 0.717) is 0 Å². The molecule has 0 amide bonds. The van der Waals surface area contributed by atoms with Gasteiger partial charge in [0.1, 0.15) is 0 Å². The molecule has 0 bridgehead atoms. The van der Waals surface area contributed by atoms with Crippen molar-refractivity contribution in [2.75, 3.05) is 6.54 Å². The zero-order chi connectivity index (χ0) is 12.4. The van der Waals surface area contributed by atoms with Gasteiger partial charge in [-0.05, 0) is 30.5 Å². The summed E-state index contributed by atoms with van der Waals surface area (Å²) in [5.41, 5.74) is 8.61. The Kier molecular flexibility index (Phi) is 2.88. The number of benzene rings is 1. The first kappa shape index (κ1) is 11.4. The molecule has 0 atom stereocenters. The van der Waals surface area contributed by atoms with E-state index in [1.54, 1.807) is 10.9 Å². The minimum atomic E-state index is 0.177. The van der Waals surface area contributed by atoms with Crippen LogP contribution in [-0.2, 0) is 5.41 Å². The van der Waals surface area contributed by atoms with Gasteiger partial charge >= 0.3 is 0 Å². The van der Waals surface area contributed by atoms with Crippen molar-refractivity contribution < 1.29 is 0 Å². The normalized spacial score (nSPS) is 18.1. The largest absolute Gasteiger partial charge is 0.330 e. The minimum Gasteiger partial charge on any atom is -0.330 e. The number of nitrogens with zero attached hydrogens (tertiary/aromatic N) is 3. The lowest BCUT2D eigenvalue weighted by atomic mass is 9.79. The fourth-order valence-electron chi connectivity index (χ4n) is 2.99. The van der Waals surface area contributed by atoms with Crippen molar-refractivity contribution in [3.63, 3.8) is 0 Å². The highest BCUT2D eigenvalue weighted by atomic mass is 15.4. The number of rotatable bonds is 3. The fraction of sp³-hybridized carbons (Fsp3) is 0.429. The number of aromatic nitrogens is 3. The predicted octanol–water partition coefficient (Wildman–Crippen LogP) is 2.04. The molecule has 0 radical (unpaired) electrons. The third-order valence-corrected chi connectivity index (χ3v) is 4.10. The molecule has 1 heterocycles. The first-order valence-electron chi connectivity index (χ1n) is 6.51. The molecule has 18 heavy (non-hydrogen) atoms. The fourth-order valence-corrected chi connectivity index (χ4v) is 2.99. The number of hydrogen-bond donors (Lipinski definition) is 1. The second-order valence-electron chi connectivity index (χ2n) is 5.09. The topological polar surface area (TPSA) is 56.7 Å². The van der Waals surface area contributed by atoms with Gasteiger partial charge in [0, 0.05) is 12.0 Å². The van der Waals surface area contributed by atoms with Gasteiger partial charge in [-0.1, -0.05) is 30.2 Å². The number of hydrogen-bond acceptors (Lipinski definition) is 3. The molecule has 1 aliphatic rings. The van der Waals surface area contributed by atoms with Crippen LogP contribution in [0.15, 0.2) is 36.7 Å². The molecule has 2 N–H and O–H groups in total. The SMILES string of the molecule is NCC1(c2cccc(-n3ccnn3)c2)CCCC1. The summed E-state index contributed by atoms with van der Waals surface area (Å²) in [4.78, 5) is 0. The van der Waals surface area contributed by atoms with Crippen LogP contribution >= 0.6 is 0 Å². The van der Waals surface area contributed by atoms with Gasteiger partial charge in [-0.2, -0.15) is 0 Å². The molecule has 4 heteroatoms. The summed E-state index contributed by atoms with van der Waals surface area (Å²) in [6.45, 7) is 0.730. The molecule has 0 saturated heterocycles. The van der Waals surface area contributed by atoms with E-state index < -0.39 is 0 Å². The molecule has 0 unspecified atom stereocenters. The monoisotopic (exact) mass is 242 g/mol. The Hall–Kier alpha value is -1.68. The van der Waals surface area contributed by atoms with Gasteiger partial charge in [0.2, 0.25) is 0 Å². The molecule has 3 rings (SSSR count). The van der Waals surface area contributed by atoms with E-state index >= 15 is 0 Å². The molecule has 1 saturated carbocycles. The molecule has 0 spiro atoms. The highest BCUT2D eigenvalue weighted by molar-refractivity contribution is 5.39. The van der Waals surface area contributed by atoms with Crippen LogP contribution in [0, 0.1) is 0 Å². The average molecular weight is 242 g/mol. The first-order valence-corrected chi connectivity index (χ1v) is 6.51. The van der Waals surface area contributed by atoms with E-state index in [2.05, 4.69) is 34.6 Å². The second-order valence-corrected chi connectivity index (χ2v) is 5.09.